The Balaban J connectivity index is 1.97. The maximum atomic E-state index is 6.12. The van der Waals surface area contributed by atoms with Crippen LogP contribution in [0.3, 0.4) is 0 Å². The van der Waals surface area contributed by atoms with Gasteiger partial charge in [-0.1, -0.05) is 24.9 Å². The lowest BCUT2D eigenvalue weighted by molar-refractivity contribution is 0.0699. The van der Waals surface area contributed by atoms with E-state index in [9.17, 15) is 0 Å². The van der Waals surface area contributed by atoms with Crippen LogP contribution in [-0.4, -0.2) is 29.7 Å². The number of anilines is 1. The van der Waals surface area contributed by atoms with E-state index in [0.29, 0.717) is 11.1 Å². The number of rotatable bonds is 5. The van der Waals surface area contributed by atoms with E-state index in [2.05, 4.69) is 22.2 Å². The molecule has 0 amide bonds. The molecule has 0 unspecified atom stereocenters. The highest BCUT2D eigenvalue weighted by molar-refractivity contribution is 6.30. The summed E-state index contributed by atoms with van der Waals surface area (Å²) in [7, 11) is 0. The number of nitrogens with zero attached hydrogens (tertiary/aromatic N) is 2. The number of nitrogens with one attached hydrogen (secondary N) is 1. The van der Waals surface area contributed by atoms with Gasteiger partial charge in [-0.3, -0.25) is 0 Å². The van der Waals surface area contributed by atoms with Crippen molar-refractivity contribution in [2.45, 2.75) is 32.6 Å². The minimum absolute atomic E-state index is 0.571. The Labute approximate surface area is 113 Å². The van der Waals surface area contributed by atoms with Crippen molar-refractivity contribution in [3.8, 4) is 0 Å². The molecule has 100 valence electrons. The average molecular weight is 270 g/mol. The first-order chi connectivity index (χ1) is 8.81. The second kappa shape index (κ2) is 6.90. The van der Waals surface area contributed by atoms with Gasteiger partial charge in [0.2, 0.25) is 0 Å². The summed E-state index contributed by atoms with van der Waals surface area (Å²) in [6, 6.07) is 0. The predicted molar refractivity (Wildman–Crippen MR) is 73.1 cm³/mol. The van der Waals surface area contributed by atoms with Gasteiger partial charge in [0.05, 0.1) is 0 Å². The van der Waals surface area contributed by atoms with Crippen LogP contribution in [0.15, 0.2) is 6.33 Å². The zero-order valence-corrected chi connectivity index (χ0v) is 11.5. The quantitative estimate of drug-likeness (QED) is 0.835. The molecule has 5 heteroatoms. The van der Waals surface area contributed by atoms with Gasteiger partial charge < -0.3 is 10.1 Å². The molecule has 0 aliphatic carbocycles. The molecule has 0 saturated carbocycles. The lowest BCUT2D eigenvalue weighted by Gasteiger charge is -2.23. The molecule has 1 aliphatic heterocycles. The summed E-state index contributed by atoms with van der Waals surface area (Å²) in [6.45, 7) is 4.82. The first kappa shape index (κ1) is 13.6. The van der Waals surface area contributed by atoms with Crippen molar-refractivity contribution in [1.82, 2.24) is 9.97 Å². The number of hydrogen-bond donors (Lipinski definition) is 1. The Kier molecular flexibility index (Phi) is 5.20. The van der Waals surface area contributed by atoms with Crippen molar-refractivity contribution in [3.63, 3.8) is 0 Å². The molecule has 1 N–H and O–H groups in total. The monoisotopic (exact) mass is 269 g/mol. The SMILES string of the molecule is CCCc1c(Cl)ncnc1NCC1CCOCC1. The number of halogens is 1. The predicted octanol–water partition coefficient (Wildman–Crippen LogP) is 2.92. The topological polar surface area (TPSA) is 47.0 Å². The highest BCUT2D eigenvalue weighted by atomic mass is 35.5. The van der Waals surface area contributed by atoms with E-state index in [1.54, 1.807) is 0 Å². The van der Waals surface area contributed by atoms with E-state index >= 15 is 0 Å². The molecule has 2 heterocycles. The Morgan fingerprint density at radius 3 is 2.89 bits per heavy atom. The maximum absolute atomic E-state index is 6.12. The van der Waals surface area contributed by atoms with Gasteiger partial charge in [-0.15, -0.1) is 0 Å². The van der Waals surface area contributed by atoms with Crippen molar-refractivity contribution in [3.05, 3.63) is 17.0 Å². The van der Waals surface area contributed by atoms with Gasteiger partial charge in [-0.05, 0) is 25.2 Å². The minimum atomic E-state index is 0.571. The number of aromatic nitrogens is 2. The standard InChI is InChI=1S/C13H20ClN3O/c1-2-3-11-12(14)16-9-17-13(11)15-8-10-4-6-18-7-5-10/h9-10H,2-8H2,1H3,(H,15,16,17). The van der Waals surface area contributed by atoms with Gasteiger partial charge in [0.1, 0.15) is 17.3 Å². The molecular formula is C13H20ClN3O. The highest BCUT2D eigenvalue weighted by Crippen LogP contribution is 2.22. The Bertz CT molecular complexity index is 380. The number of hydrogen-bond acceptors (Lipinski definition) is 4. The largest absolute Gasteiger partial charge is 0.381 e. The van der Waals surface area contributed by atoms with Crippen LogP contribution in [0, 0.1) is 5.92 Å². The van der Waals surface area contributed by atoms with E-state index in [-0.39, 0.29) is 0 Å². The molecule has 4 nitrogen and oxygen atoms in total. The van der Waals surface area contributed by atoms with E-state index in [1.807, 2.05) is 0 Å². The third kappa shape index (κ3) is 3.56. The molecule has 0 bridgehead atoms. The van der Waals surface area contributed by atoms with Gasteiger partial charge in [0.25, 0.3) is 0 Å². The second-order valence-corrected chi connectivity index (χ2v) is 5.04. The average Bonchev–Trinajstić information content (AvgIpc) is 2.41. The van der Waals surface area contributed by atoms with Gasteiger partial charge in [0, 0.05) is 25.3 Å². The van der Waals surface area contributed by atoms with Crippen LogP contribution in [0.25, 0.3) is 0 Å². The molecule has 0 radical (unpaired) electrons. The van der Waals surface area contributed by atoms with E-state index in [4.69, 9.17) is 16.3 Å². The Hall–Kier alpha value is -0.870. The fourth-order valence-electron chi connectivity index (χ4n) is 2.21. The second-order valence-electron chi connectivity index (χ2n) is 4.68. The van der Waals surface area contributed by atoms with Crippen LogP contribution in [0.4, 0.5) is 5.82 Å². The van der Waals surface area contributed by atoms with Crippen molar-refractivity contribution >= 4 is 17.4 Å². The normalized spacial score (nSPS) is 16.8. The Morgan fingerprint density at radius 2 is 2.17 bits per heavy atom. The smallest absolute Gasteiger partial charge is 0.137 e. The van der Waals surface area contributed by atoms with E-state index < -0.39 is 0 Å². The molecule has 1 aromatic rings. The van der Waals surface area contributed by atoms with Crippen molar-refractivity contribution in [2.75, 3.05) is 25.1 Å². The highest BCUT2D eigenvalue weighted by Gasteiger charge is 2.15. The molecule has 0 spiro atoms. The molecule has 0 aromatic carbocycles. The van der Waals surface area contributed by atoms with Gasteiger partial charge >= 0.3 is 0 Å². The van der Waals surface area contributed by atoms with E-state index in [1.165, 1.54) is 6.33 Å². The van der Waals surface area contributed by atoms with Crippen molar-refractivity contribution in [2.24, 2.45) is 5.92 Å². The molecule has 1 aromatic heterocycles. The van der Waals surface area contributed by atoms with Gasteiger partial charge in [-0.25, -0.2) is 9.97 Å². The fraction of sp³-hybridized carbons (Fsp3) is 0.692. The molecule has 1 aliphatic rings. The summed E-state index contributed by atoms with van der Waals surface area (Å²) in [6.07, 6.45) is 5.71. The van der Waals surface area contributed by atoms with Crippen molar-refractivity contribution in [1.29, 1.82) is 0 Å². The van der Waals surface area contributed by atoms with Crippen LogP contribution in [0.2, 0.25) is 5.15 Å². The molecule has 18 heavy (non-hydrogen) atoms. The van der Waals surface area contributed by atoms with Crippen LogP contribution < -0.4 is 5.32 Å². The summed E-state index contributed by atoms with van der Waals surface area (Å²) >= 11 is 6.12. The Morgan fingerprint density at radius 1 is 1.39 bits per heavy atom. The summed E-state index contributed by atoms with van der Waals surface area (Å²) < 4.78 is 5.36. The lowest BCUT2D eigenvalue weighted by atomic mass is 10.0. The van der Waals surface area contributed by atoms with Crippen LogP contribution in [0.1, 0.15) is 31.7 Å². The lowest BCUT2D eigenvalue weighted by Crippen LogP contribution is -2.23. The third-order valence-corrected chi connectivity index (χ3v) is 3.62. The maximum Gasteiger partial charge on any atom is 0.137 e. The molecule has 1 saturated heterocycles. The zero-order chi connectivity index (χ0) is 12.8. The van der Waals surface area contributed by atoms with Crippen LogP contribution in [0.5, 0.6) is 0 Å². The molecule has 2 rings (SSSR count). The number of ether oxygens (including phenoxy) is 1. The van der Waals surface area contributed by atoms with Gasteiger partial charge in [-0.2, -0.15) is 0 Å². The molecule has 1 fully saturated rings. The van der Waals surface area contributed by atoms with Crippen molar-refractivity contribution < 1.29 is 4.74 Å². The molecular weight excluding hydrogens is 250 g/mol. The van der Waals surface area contributed by atoms with Crippen LogP contribution >= 0.6 is 11.6 Å². The summed E-state index contributed by atoms with van der Waals surface area (Å²) in [5.74, 6) is 1.56. The summed E-state index contributed by atoms with van der Waals surface area (Å²) in [5.41, 5.74) is 1.04. The van der Waals surface area contributed by atoms with Crippen LogP contribution in [-0.2, 0) is 11.2 Å². The third-order valence-electron chi connectivity index (χ3n) is 3.29. The molecule has 0 atom stereocenters. The summed E-state index contributed by atoms with van der Waals surface area (Å²) in [4.78, 5) is 8.35. The summed E-state index contributed by atoms with van der Waals surface area (Å²) in [5, 5.41) is 3.99. The van der Waals surface area contributed by atoms with Gasteiger partial charge in [0.15, 0.2) is 0 Å². The first-order valence-electron chi connectivity index (χ1n) is 6.62. The minimum Gasteiger partial charge on any atom is -0.381 e. The zero-order valence-electron chi connectivity index (χ0n) is 10.8. The first-order valence-corrected chi connectivity index (χ1v) is 7.00. The van der Waals surface area contributed by atoms with E-state index in [0.717, 1.165) is 56.8 Å². The fourth-order valence-corrected chi connectivity index (χ4v) is 2.43.